The molecular formula is C9H10N4O4S. The highest BCUT2D eigenvalue weighted by molar-refractivity contribution is 8.00. The highest BCUT2D eigenvalue weighted by atomic mass is 32.2. The predicted octanol–water partition coefficient (Wildman–Crippen LogP) is -1.17. The summed E-state index contributed by atoms with van der Waals surface area (Å²) >= 11 is 1.48. The molecule has 1 fully saturated rings. The van der Waals surface area contributed by atoms with Crippen molar-refractivity contribution in [3.63, 3.8) is 0 Å². The lowest BCUT2D eigenvalue weighted by molar-refractivity contribution is 0.0350. The number of aliphatic hydroxyl groups is 1. The van der Waals surface area contributed by atoms with Crippen LogP contribution in [0.25, 0.3) is 5.65 Å². The standard InChI is InChI=1S/C9H10N4O4S/c14-2-6-17-5(3-18-6)4-1-10-13-7(4)11-8(15)12-9(13)16/h1,5-6,14H,2-3H2,(H2,11,12,15,16)/t5-,6+/m0/s1. The van der Waals surface area contributed by atoms with Gasteiger partial charge >= 0.3 is 11.4 Å². The first-order valence-corrected chi connectivity index (χ1v) is 6.32. The number of hydrogen-bond acceptors (Lipinski definition) is 6. The lowest BCUT2D eigenvalue weighted by Crippen LogP contribution is -2.28. The van der Waals surface area contributed by atoms with Crippen molar-refractivity contribution in [2.45, 2.75) is 11.5 Å². The molecule has 3 N–H and O–H groups in total. The number of thioether (sulfide) groups is 1. The maximum atomic E-state index is 11.5. The number of hydrogen-bond donors (Lipinski definition) is 3. The Bertz CT molecular complexity index is 690. The summed E-state index contributed by atoms with van der Waals surface area (Å²) in [7, 11) is 0. The van der Waals surface area contributed by atoms with E-state index in [1.165, 1.54) is 18.0 Å². The van der Waals surface area contributed by atoms with Gasteiger partial charge in [-0.15, -0.1) is 11.8 Å². The molecule has 18 heavy (non-hydrogen) atoms. The van der Waals surface area contributed by atoms with Gasteiger partial charge in [0.15, 0.2) is 0 Å². The van der Waals surface area contributed by atoms with Crippen molar-refractivity contribution in [3.05, 3.63) is 32.7 Å². The number of aliphatic hydroxyl groups excluding tert-OH is 1. The predicted molar refractivity (Wildman–Crippen MR) is 63.6 cm³/mol. The zero-order chi connectivity index (χ0) is 12.7. The number of nitrogens with zero attached hydrogens (tertiary/aromatic N) is 2. The number of aromatic amines is 2. The van der Waals surface area contributed by atoms with Crippen molar-refractivity contribution in [2.24, 2.45) is 0 Å². The van der Waals surface area contributed by atoms with Crippen molar-refractivity contribution in [1.29, 1.82) is 0 Å². The smallest absolute Gasteiger partial charge is 0.352 e. The Kier molecular flexibility index (Phi) is 2.73. The molecule has 3 rings (SSSR count). The van der Waals surface area contributed by atoms with E-state index in [0.717, 1.165) is 4.52 Å². The van der Waals surface area contributed by atoms with Crippen LogP contribution in [0.2, 0.25) is 0 Å². The van der Waals surface area contributed by atoms with Gasteiger partial charge in [-0.25, -0.2) is 9.59 Å². The van der Waals surface area contributed by atoms with Gasteiger partial charge in [-0.1, -0.05) is 0 Å². The molecule has 1 saturated heterocycles. The lowest BCUT2D eigenvalue weighted by Gasteiger charge is -2.08. The topological polar surface area (TPSA) is 112 Å². The van der Waals surface area contributed by atoms with Gasteiger partial charge in [-0.05, 0) is 0 Å². The monoisotopic (exact) mass is 270 g/mol. The van der Waals surface area contributed by atoms with Crippen molar-refractivity contribution in [2.75, 3.05) is 12.4 Å². The third-order valence-corrected chi connectivity index (χ3v) is 3.81. The van der Waals surface area contributed by atoms with Crippen molar-refractivity contribution in [1.82, 2.24) is 19.6 Å². The van der Waals surface area contributed by atoms with Crippen molar-refractivity contribution in [3.8, 4) is 0 Å². The molecule has 2 aromatic rings. The normalized spacial score (nSPS) is 23.8. The Hall–Kier alpha value is -1.58. The summed E-state index contributed by atoms with van der Waals surface area (Å²) < 4.78 is 6.65. The Morgan fingerprint density at radius 2 is 2.39 bits per heavy atom. The quantitative estimate of drug-likeness (QED) is 0.634. The second-order valence-corrected chi connectivity index (χ2v) is 5.01. The molecular weight excluding hydrogens is 260 g/mol. The van der Waals surface area contributed by atoms with Crippen LogP contribution in [-0.4, -0.2) is 42.5 Å². The first-order valence-electron chi connectivity index (χ1n) is 5.27. The number of aromatic nitrogens is 4. The molecule has 0 saturated carbocycles. The molecule has 1 aliphatic rings. The van der Waals surface area contributed by atoms with E-state index in [1.54, 1.807) is 0 Å². The maximum absolute atomic E-state index is 11.5. The fourth-order valence-electron chi connectivity index (χ4n) is 1.88. The Morgan fingerprint density at radius 1 is 1.56 bits per heavy atom. The van der Waals surface area contributed by atoms with E-state index in [2.05, 4.69) is 15.1 Å². The molecule has 0 aromatic carbocycles. The zero-order valence-electron chi connectivity index (χ0n) is 9.12. The van der Waals surface area contributed by atoms with Gasteiger partial charge in [-0.3, -0.25) is 9.97 Å². The first kappa shape index (κ1) is 11.5. The molecule has 96 valence electrons. The SMILES string of the molecule is O=c1[nH]c(=O)n2ncc([C@@H]3CS[C@H](CO)O3)c2[nH]1. The van der Waals surface area contributed by atoms with E-state index in [4.69, 9.17) is 9.84 Å². The molecule has 0 aliphatic carbocycles. The summed E-state index contributed by atoms with van der Waals surface area (Å²) in [6.45, 7) is -0.0719. The Labute approximate surface area is 104 Å². The number of ether oxygens (including phenoxy) is 1. The third-order valence-electron chi connectivity index (χ3n) is 2.69. The van der Waals surface area contributed by atoms with Crippen LogP contribution < -0.4 is 11.4 Å². The van der Waals surface area contributed by atoms with Crippen LogP contribution in [0.15, 0.2) is 15.8 Å². The molecule has 1 aliphatic heterocycles. The summed E-state index contributed by atoms with van der Waals surface area (Å²) in [5.41, 5.74) is -0.490. The minimum absolute atomic E-state index is 0.0719. The highest BCUT2D eigenvalue weighted by Crippen LogP contribution is 2.35. The van der Waals surface area contributed by atoms with Crippen LogP contribution in [0.4, 0.5) is 0 Å². The van der Waals surface area contributed by atoms with Crippen LogP contribution >= 0.6 is 11.8 Å². The van der Waals surface area contributed by atoms with Crippen molar-refractivity contribution < 1.29 is 9.84 Å². The van der Waals surface area contributed by atoms with Crippen LogP contribution in [0.1, 0.15) is 11.7 Å². The average Bonchev–Trinajstić information content (AvgIpc) is 2.93. The van der Waals surface area contributed by atoms with Gasteiger partial charge in [-0.2, -0.15) is 9.61 Å². The Morgan fingerprint density at radius 3 is 3.11 bits per heavy atom. The molecule has 2 atom stereocenters. The third kappa shape index (κ3) is 1.76. The molecule has 2 aromatic heterocycles. The van der Waals surface area contributed by atoms with E-state index in [0.29, 0.717) is 17.0 Å². The van der Waals surface area contributed by atoms with E-state index in [1.807, 2.05) is 0 Å². The van der Waals surface area contributed by atoms with Gasteiger partial charge in [0.05, 0.1) is 18.9 Å². The number of fused-ring (bicyclic) bond motifs is 1. The fraction of sp³-hybridized carbons (Fsp3) is 0.444. The highest BCUT2D eigenvalue weighted by Gasteiger charge is 2.29. The van der Waals surface area contributed by atoms with Gasteiger partial charge in [0.1, 0.15) is 11.1 Å². The van der Waals surface area contributed by atoms with E-state index >= 15 is 0 Å². The molecule has 0 spiro atoms. The summed E-state index contributed by atoms with van der Waals surface area (Å²) in [5, 5.41) is 12.9. The van der Waals surface area contributed by atoms with Crippen LogP contribution in [0.5, 0.6) is 0 Å². The molecule has 0 amide bonds. The number of rotatable bonds is 2. The van der Waals surface area contributed by atoms with E-state index < -0.39 is 11.4 Å². The van der Waals surface area contributed by atoms with Gasteiger partial charge < -0.3 is 9.84 Å². The van der Waals surface area contributed by atoms with Gasteiger partial charge in [0.25, 0.3) is 0 Å². The van der Waals surface area contributed by atoms with Crippen LogP contribution in [0.3, 0.4) is 0 Å². The summed E-state index contributed by atoms with van der Waals surface area (Å²) in [4.78, 5) is 27.3. The minimum Gasteiger partial charge on any atom is -0.393 e. The molecule has 0 radical (unpaired) electrons. The lowest BCUT2D eigenvalue weighted by atomic mass is 10.2. The number of nitrogens with one attached hydrogen (secondary N) is 2. The number of H-pyrrole nitrogens is 2. The van der Waals surface area contributed by atoms with E-state index in [9.17, 15) is 9.59 Å². The van der Waals surface area contributed by atoms with Crippen molar-refractivity contribution >= 4 is 17.4 Å². The molecule has 0 unspecified atom stereocenters. The fourth-order valence-corrected chi connectivity index (χ4v) is 2.85. The van der Waals surface area contributed by atoms with Gasteiger partial charge in [0.2, 0.25) is 0 Å². The second-order valence-electron chi connectivity index (χ2n) is 3.81. The molecule has 8 nitrogen and oxygen atoms in total. The molecule has 3 heterocycles. The zero-order valence-corrected chi connectivity index (χ0v) is 9.94. The second kappa shape index (κ2) is 4.26. The summed E-state index contributed by atoms with van der Waals surface area (Å²) in [6.07, 6.45) is 1.20. The first-order chi connectivity index (χ1) is 8.69. The largest absolute Gasteiger partial charge is 0.393 e. The maximum Gasteiger partial charge on any atom is 0.352 e. The van der Waals surface area contributed by atoms with Crippen LogP contribution in [-0.2, 0) is 4.74 Å². The molecule has 9 heteroatoms. The van der Waals surface area contributed by atoms with E-state index in [-0.39, 0.29) is 18.1 Å². The molecule has 0 bridgehead atoms. The van der Waals surface area contributed by atoms with Crippen LogP contribution in [0, 0.1) is 0 Å². The Balaban J connectivity index is 2.08. The minimum atomic E-state index is -0.593. The average molecular weight is 270 g/mol. The summed E-state index contributed by atoms with van der Waals surface area (Å²) in [6, 6.07) is 0. The summed E-state index contributed by atoms with van der Waals surface area (Å²) in [5.74, 6) is 0.640. The van der Waals surface area contributed by atoms with Gasteiger partial charge in [0, 0.05) is 11.3 Å².